The van der Waals surface area contributed by atoms with Gasteiger partial charge in [-0.1, -0.05) is 60.3 Å². The highest BCUT2D eigenvalue weighted by Crippen LogP contribution is 2.27. The summed E-state index contributed by atoms with van der Waals surface area (Å²) in [5, 5.41) is 6.80. The predicted molar refractivity (Wildman–Crippen MR) is 161 cm³/mol. The van der Waals surface area contributed by atoms with Gasteiger partial charge in [0.2, 0.25) is 11.8 Å². The van der Waals surface area contributed by atoms with Gasteiger partial charge >= 0.3 is 0 Å². The van der Waals surface area contributed by atoms with Crippen LogP contribution in [0.3, 0.4) is 0 Å². The Balaban J connectivity index is 1.32. The number of rotatable bonds is 14. The molecule has 3 aromatic carbocycles. The summed E-state index contributed by atoms with van der Waals surface area (Å²) in [7, 11) is 3.18. The van der Waals surface area contributed by atoms with Gasteiger partial charge in [0.25, 0.3) is 5.56 Å². The Bertz CT molecular complexity index is 1540. The number of nitrogens with zero attached hydrogens (tertiary/aromatic N) is 2. The number of hydrogen-bond donors (Lipinski definition) is 2. The van der Waals surface area contributed by atoms with Crippen molar-refractivity contribution in [3.05, 3.63) is 94.3 Å². The lowest BCUT2D eigenvalue weighted by Crippen LogP contribution is -2.28. The highest BCUT2D eigenvalue weighted by molar-refractivity contribution is 7.99. The first-order valence-electron chi connectivity index (χ1n) is 13.4. The zero-order valence-electron chi connectivity index (χ0n) is 23.2. The number of benzene rings is 3. The quantitative estimate of drug-likeness (QED) is 0.173. The molecule has 0 fully saturated rings. The van der Waals surface area contributed by atoms with Crippen LogP contribution in [0.1, 0.15) is 24.0 Å². The first-order valence-corrected chi connectivity index (χ1v) is 14.4. The Labute approximate surface area is 243 Å². The van der Waals surface area contributed by atoms with Crippen LogP contribution in [0, 0.1) is 0 Å². The van der Waals surface area contributed by atoms with Crippen LogP contribution < -0.4 is 25.7 Å². The van der Waals surface area contributed by atoms with E-state index < -0.39 is 0 Å². The molecule has 4 rings (SSSR count). The Morgan fingerprint density at radius 1 is 0.878 bits per heavy atom. The third kappa shape index (κ3) is 8.34. The smallest absolute Gasteiger partial charge is 0.262 e. The number of ether oxygens (including phenoxy) is 2. The number of aromatic nitrogens is 2. The fourth-order valence-electron chi connectivity index (χ4n) is 4.30. The summed E-state index contributed by atoms with van der Waals surface area (Å²) < 4.78 is 12.2. The minimum Gasteiger partial charge on any atom is -0.493 e. The number of fused-ring (bicyclic) bond motifs is 1. The van der Waals surface area contributed by atoms with Crippen LogP contribution in [-0.4, -0.2) is 47.9 Å². The maximum atomic E-state index is 13.3. The van der Waals surface area contributed by atoms with E-state index in [2.05, 4.69) is 15.6 Å². The molecular weight excluding hydrogens is 540 g/mol. The second kappa shape index (κ2) is 14.9. The van der Waals surface area contributed by atoms with Crippen molar-refractivity contribution in [2.24, 2.45) is 0 Å². The molecule has 0 aliphatic rings. The van der Waals surface area contributed by atoms with Crippen molar-refractivity contribution < 1.29 is 19.1 Å². The van der Waals surface area contributed by atoms with Gasteiger partial charge in [-0.15, -0.1) is 0 Å². The SMILES string of the molecule is COc1ccc(CCNC(=O)CCCn2c(SCC(=O)NCc3ccccc3)nc3ccccc3c2=O)cc1OC. The molecule has 0 aliphatic heterocycles. The molecule has 10 heteroatoms. The molecule has 214 valence electrons. The molecule has 1 aromatic heterocycles. The fourth-order valence-corrected chi connectivity index (χ4v) is 5.16. The van der Waals surface area contributed by atoms with Gasteiger partial charge in [0, 0.05) is 26.1 Å². The van der Waals surface area contributed by atoms with Crippen LogP contribution in [0.25, 0.3) is 10.9 Å². The number of methoxy groups -OCH3 is 2. The van der Waals surface area contributed by atoms with Crippen molar-refractivity contribution in [2.75, 3.05) is 26.5 Å². The topological polar surface area (TPSA) is 112 Å². The summed E-state index contributed by atoms with van der Waals surface area (Å²) in [6.45, 7) is 1.22. The maximum absolute atomic E-state index is 13.3. The molecule has 0 spiro atoms. The van der Waals surface area contributed by atoms with Crippen LogP contribution >= 0.6 is 11.8 Å². The van der Waals surface area contributed by atoms with Crippen molar-refractivity contribution in [1.82, 2.24) is 20.2 Å². The molecule has 41 heavy (non-hydrogen) atoms. The molecule has 2 N–H and O–H groups in total. The van der Waals surface area contributed by atoms with Gasteiger partial charge in [-0.05, 0) is 48.2 Å². The standard InChI is InChI=1S/C31H34N4O5S/c1-39-26-15-14-22(19-27(26)40-2)16-17-32-28(36)13-8-18-35-30(38)24-11-6-7-12-25(24)34-31(35)41-21-29(37)33-20-23-9-4-3-5-10-23/h3-7,9-12,14-15,19H,8,13,16-18,20-21H2,1-2H3,(H,32,36)(H,33,37). The summed E-state index contributed by atoms with van der Waals surface area (Å²) >= 11 is 1.22. The first kappa shape index (κ1) is 29.7. The molecule has 0 bridgehead atoms. The number of thioether (sulfide) groups is 1. The van der Waals surface area contributed by atoms with Crippen LogP contribution in [0.15, 0.2) is 82.7 Å². The van der Waals surface area contributed by atoms with E-state index >= 15 is 0 Å². The lowest BCUT2D eigenvalue weighted by molar-refractivity contribution is -0.121. The van der Waals surface area contributed by atoms with Gasteiger partial charge in [0.1, 0.15) is 0 Å². The summed E-state index contributed by atoms with van der Waals surface area (Å²) in [4.78, 5) is 43.0. The average Bonchev–Trinajstić information content (AvgIpc) is 3.00. The summed E-state index contributed by atoms with van der Waals surface area (Å²) in [6, 6.07) is 22.5. The molecule has 0 saturated carbocycles. The molecule has 2 amide bonds. The van der Waals surface area contributed by atoms with Crippen molar-refractivity contribution >= 4 is 34.5 Å². The van der Waals surface area contributed by atoms with Crippen LogP contribution in [0.2, 0.25) is 0 Å². The zero-order valence-corrected chi connectivity index (χ0v) is 24.0. The Kier molecular flexibility index (Phi) is 10.8. The van der Waals surface area contributed by atoms with E-state index in [1.54, 1.807) is 37.0 Å². The lowest BCUT2D eigenvalue weighted by Gasteiger charge is -2.13. The Morgan fingerprint density at radius 3 is 2.41 bits per heavy atom. The Hall–Kier alpha value is -4.31. The molecule has 0 unspecified atom stereocenters. The average molecular weight is 575 g/mol. The van der Waals surface area contributed by atoms with Gasteiger partial charge in [-0.3, -0.25) is 19.0 Å². The fraction of sp³-hybridized carbons (Fsp3) is 0.290. The van der Waals surface area contributed by atoms with Gasteiger partial charge in [-0.2, -0.15) is 0 Å². The van der Waals surface area contributed by atoms with Crippen LogP contribution in [-0.2, 0) is 29.1 Å². The van der Waals surface area contributed by atoms with E-state index in [-0.39, 0.29) is 29.5 Å². The number of para-hydroxylation sites is 1. The van der Waals surface area contributed by atoms with Crippen molar-refractivity contribution in [3.63, 3.8) is 0 Å². The lowest BCUT2D eigenvalue weighted by atomic mass is 10.1. The number of carbonyl (C=O) groups excluding carboxylic acids is 2. The van der Waals surface area contributed by atoms with E-state index in [9.17, 15) is 14.4 Å². The molecule has 0 radical (unpaired) electrons. The highest BCUT2D eigenvalue weighted by Gasteiger charge is 2.14. The number of carbonyl (C=O) groups is 2. The first-order chi connectivity index (χ1) is 20.0. The van der Waals surface area contributed by atoms with E-state index in [0.29, 0.717) is 60.0 Å². The van der Waals surface area contributed by atoms with E-state index in [4.69, 9.17) is 9.47 Å². The predicted octanol–water partition coefficient (Wildman–Crippen LogP) is 3.96. The van der Waals surface area contributed by atoms with Crippen LogP contribution in [0.5, 0.6) is 11.5 Å². The van der Waals surface area contributed by atoms with Crippen LogP contribution in [0.4, 0.5) is 0 Å². The highest BCUT2D eigenvalue weighted by atomic mass is 32.2. The molecular formula is C31H34N4O5S. The van der Waals surface area contributed by atoms with E-state index in [1.807, 2.05) is 54.6 Å². The summed E-state index contributed by atoms with van der Waals surface area (Å²) in [5.74, 6) is 1.18. The van der Waals surface area contributed by atoms with Gasteiger partial charge in [-0.25, -0.2) is 4.98 Å². The molecule has 0 aliphatic carbocycles. The minimum absolute atomic E-state index is 0.0956. The number of amides is 2. The summed E-state index contributed by atoms with van der Waals surface area (Å²) in [5.41, 5.74) is 2.42. The molecule has 1 heterocycles. The van der Waals surface area contributed by atoms with Gasteiger partial charge in [0.15, 0.2) is 16.7 Å². The number of hydrogen-bond acceptors (Lipinski definition) is 7. The number of nitrogens with one attached hydrogen (secondary N) is 2. The zero-order chi connectivity index (χ0) is 29.0. The largest absolute Gasteiger partial charge is 0.493 e. The van der Waals surface area contributed by atoms with Crippen molar-refractivity contribution in [2.45, 2.75) is 37.5 Å². The van der Waals surface area contributed by atoms with Crippen molar-refractivity contribution in [3.8, 4) is 11.5 Å². The monoisotopic (exact) mass is 574 g/mol. The van der Waals surface area contributed by atoms with E-state index in [1.165, 1.54) is 11.8 Å². The van der Waals surface area contributed by atoms with E-state index in [0.717, 1.165) is 11.1 Å². The molecule has 0 saturated heterocycles. The third-order valence-electron chi connectivity index (χ3n) is 6.46. The third-order valence-corrected chi connectivity index (χ3v) is 7.44. The normalized spacial score (nSPS) is 10.8. The molecule has 9 nitrogen and oxygen atoms in total. The molecule has 0 atom stereocenters. The molecule has 4 aromatic rings. The Morgan fingerprint density at radius 2 is 1.63 bits per heavy atom. The second-order valence-corrected chi connectivity index (χ2v) is 10.3. The summed E-state index contributed by atoms with van der Waals surface area (Å²) in [6.07, 6.45) is 1.36. The van der Waals surface area contributed by atoms with Gasteiger partial charge < -0.3 is 20.1 Å². The second-order valence-electron chi connectivity index (χ2n) is 9.31. The van der Waals surface area contributed by atoms with Gasteiger partial charge in [0.05, 0.1) is 30.9 Å². The minimum atomic E-state index is -0.184. The maximum Gasteiger partial charge on any atom is 0.262 e. The van der Waals surface area contributed by atoms with Crippen molar-refractivity contribution in [1.29, 1.82) is 0 Å².